The van der Waals surface area contributed by atoms with Gasteiger partial charge in [-0.3, -0.25) is 0 Å². The molecule has 2 atom stereocenters. The van der Waals surface area contributed by atoms with E-state index in [2.05, 4.69) is 34.2 Å². The van der Waals surface area contributed by atoms with E-state index in [1.807, 2.05) is 12.1 Å². The van der Waals surface area contributed by atoms with E-state index in [4.69, 9.17) is 18.0 Å². The van der Waals surface area contributed by atoms with Gasteiger partial charge in [0, 0.05) is 21.8 Å². The lowest BCUT2D eigenvalue weighted by Crippen LogP contribution is -2.14. The molecule has 1 aromatic rings. The van der Waals surface area contributed by atoms with E-state index in [-0.39, 0.29) is 0 Å². The summed E-state index contributed by atoms with van der Waals surface area (Å²) in [5.41, 5.74) is 7.72. The van der Waals surface area contributed by atoms with Crippen LogP contribution in [-0.2, 0) is 0 Å². The summed E-state index contributed by atoms with van der Waals surface area (Å²) in [6.45, 7) is 2.23. The SMILES string of the molecule is CCCC1CC1Nc1cc(Br)ccc1C(N)=S. The third kappa shape index (κ3) is 3.19. The Kier molecular flexibility index (Phi) is 4.05. The molecule has 1 aromatic carbocycles. The van der Waals surface area contributed by atoms with Crippen molar-refractivity contribution < 1.29 is 0 Å². The van der Waals surface area contributed by atoms with E-state index in [9.17, 15) is 0 Å². The molecular formula is C13H17BrN2S. The van der Waals surface area contributed by atoms with Crippen LogP contribution in [0.3, 0.4) is 0 Å². The molecule has 92 valence electrons. The molecule has 2 rings (SSSR count). The van der Waals surface area contributed by atoms with Crippen molar-refractivity contribution in [1.29, 1.82) is 0 Å². The number of halogens is 1. The van der Waals surface area contributed by atoms with Gasteiger partial charge in [-0.1, -0.05) is 41.5 Å². The van der Waals surface area contributed by atoms with Gasteiger partial charge in [-0.15, -0.1) is 0 Å². The molecule has 2 unspecified atom stereocenters. The Bertz CT molecular complexity index is 433. The first-order valence-corrected chi connectivity index (χ1v) is 7.17. The van der Waals surface area contributed by atoms with Gasteiger partial charge in [-0.25, -0.2) is 0 Å². The molecule has 17 heavy (non-hydrogen) atoms. The smallest absolute Gasteiger partial charge is 0.106 e. The van der Waals surface area contributed by atoms with Crippen LogP contribution in [0.4, 0.5) is 5.69 Å². The van der Waals surface area contributed by atoms with Crippen molar-refractivity contribution in [2.24, 2.45) is 11.7 Å². The highest BCUT2D eigenvalue weighted by atomic mass is 79.9. The Balaban J connectivity index is 2.10. The van der Waals surface area contributed by atoms with Crippen molar-refractivity contribution in [1.82, 2.24) is 0 Å². The topological polar surface area (TPSA) is 38.0 Å². The summed E-state index contributed by atoms with van der Waals surface area (Å²) in [5.74, 6) is 0.818. The largest absolute Gasteiger partial charge is 0.389 e. The molecule has 2 nitrogen and oxygen atoms in total. The van der Waals surface area contributed by atoms with Gasteiger partial charge < -0.3 is 11.1 Å². The third-order valence-electron chi connectivity index (χ3n) is 3.17. The molecule has 0 aromatic heterocycles. The lowest BCUT2D eigenvalue weighted by molar-refractivity contribution is 0.693. The van der Waals surface area contributed by atoms with Crippen molar-refractivity contribution in [3.63, 3.8) is 0 Å². The van der Waals surface area contributed by atoms with E-state index in [1.165, 1.54) is 19.3 Å². The maximum absolute atomic E-state index is 5.73. The zero-order chi connectivity index (χ0) is 12.4. The monoisotopic (exact) mass is 312 g/mol. The summed E-state index contributed by atoms with van der Waals surface area (Å²) in [7, 11) is 0. The molecule has 0 aliphatic heterocycles. The fourth-order valence-electron chi connectivity index (χ4n) is 2.16. The van der Waals surface area contributed by atoms with Crippen LogP contribution in [0.5, 0.6) is 0 Å². The highest BCUT2D eigenvalue weighted by Crippen LogP contribution is 2.38. The lowest BCUT2D eigenvalue weighted by atomic mass is 10.1. The van der Waals surface area contributed by atoms with Crippen LogP contribution in [0.1, 0.15) is 31.7 Å². The zero-order valence-electron chi connectivity index (χ0n) is 9.87. The molecule has 0 saturated heterocycles. The number of nitrogens with one attached hydrogen (secondary N) is 1. The van der Waals surface area contributed by atoms with Crippen LogP contribution in [0.15, 0.2) is 22.7 Å². The molecule has 3 N–H and O–H groups in total. The summed E-state index contributed by atoms with van der Waals surface area (Å²) in [6, 6.07) is 6.58. The van der Waals surface area contributed by atoms with Crippen LogP contribution in [0.2, 0.25) is 0 Å². The average Bonchev–Trinajstić information content (AvgIpc) is 2.96. The summed E-state index contributed by atoms with van der Waals surface area (Å²) in [6.07, 6.45) is 3.81. The Morgan fingerprint density at radius 2 is 2.35 bits per heavy atom. The molecule has 1 fully saturated rings. The molecule has 0 heterocycles. The van der Waals surface area contributed by atoms with Crippen LogP contribution in [-0.4, -0.2) is 11.0 Å². The van der Waals surface area contributed by atoms with Gasteiger partial charge in [0.15, 0.2) is 0 Å². The average molecular weight is 313 g/mol. The van der Waals surface area contributed by atoms with Gasteiger partial charge in [-0.2, -0.15) is 0 Å². The predicted octanol–water partition coefficient (Wildman–Crippen LogP) is 3.68. The minimum atomic E-state index is 0.452. The second-order valence-electron chi connectivity index (χ2n) is 4.59. The normalized spacial score (nSPS) is 22.2. The minimum absolute atomic E-state index is 0.452. The molecule has 4 heteroatoms. The number of anilines is 1. The van der Waals surface area contributed by atoms with Crippen LogP contribution < -0.4 is 11.1 Å². The Labute approximate surface area is 116 Å². The minimum Gasteiger partial charge on any atom is -0.389 e. The van der Waals surface area contributed by atoms with Crippen LogP contribution in [0, 0.1) is 5.92 Å². The Hall–Kier alpha value is -0.610. The van der Waals surface area contributed by atoms with Crippen molar-refractivity contribution in [2.45, 2.75) is 32.2 Å². The maximum atomic E-state index is 5.73. The first-order chi connectivity index (χ1) is 8.11. The molecule has 1 aliphatic carbocycles. The fraction of sp³-hybridized carbons (Fsp3) is 0.462. The van der Waals surface area contributed by atoms with E-state index in [1.54, 1.807) is 0 Å². The molecule has 0 bridgehead atoms. The number of thiocarbonyl (C=S) groups is 1. The predicted molar refractivity (Wildman–Crippen MR) is 80.5 cm³/mol. The molecule has 0 amide bonds. The molecular weight excluding hydrogens is 296 g/mol. The highest BCUT2D eigenvalue weighted by Gasteiger charge is 2.36. The number of rotatable bonds is 5. The van der Waals surface area contributed by atoms with Crippen molar-refractivity contribution in [3.8, 4) is 0 Å². The lowest BCUT2D eigenvalue weighted by Gasteiger charge is -2.11. The van der Waals surface area contributed by atoms with E-state index >= 15 is 0 Å². The highest BCUT2D eigenvalue weighted by molar-refractivity contribution is 9.10. The number of hydrogen-bond acceptors (Lipinski definition) is 2. The van der Waals surface area contributed by atoms with Crippen molar-refractivity contribution in [2.75, 3.05) is 5.32 Å². The fourth-order valence-corrected chi connectivity index (χ4v) is 2.70. The molecule has 1 saturated carbocycles. The standard InChI is InChI=1S/C13H17BrN2S/c1-2-3-8-6-11(8)16-12-7-9(14)4-5-10(12)13(15)17/h4-5,7-8,11,16H,2-3,6H2,1H3,(H2,15,17). The second-order valence-corrected chi connectivity index (χ2v) is 5.94. The van der Waals surface area contributed by atoms with E-state index < -0.39 is 0 Å². The zero-order valence-corrected chi connectivity index (χ0v) is 12.3. The van der Waals surface area contributed by atoms with Crippen LogP contribution >= 0.6 is 28.1 Å². The van der Waals surface area contributed by atoms with Crippen LogP contribution in [0.25, 0.3) is 0 Å². The number of benzene rings is 1. The van der Waals surface area contributed by atoms with E-state index in [0.717, 1.165) is 21.6 Å². The van der Waals surface area contributed by atoms with E-state index in [0.29, 0.717) is 11.0 Å². The van der Waals surface area contributed by atoms with Gasteiger partial charge in [0.2, 0.25) is 0 Å². The number of hydrogen-bond donors (Lipinski definition) is 2. The van der Waals surface area contributed by atoms with Gasteiger partial charge in [-0.05, 0) is 37.0 Å². The summed E-state index contributed by atoms with van der Waals surface area (Å²) in [4.78, 5) is 0.452. The molecule has 0 radical (unpaired) electrons. The Morgan fingerprint density at radius 3 is 3.00 bits per heavy atom. The molecule has 0 spiro atoms. The second kappa shape index (κ2) is 5.36. The maximum Gasteiger partial charge on any atom is 0.106 e. The quantitative estimate of drug-likeness (QED) is 0.814. The van der Waals surface area contributed by atoms with Gasteiger partial charge in [0.25, 0.3) is 0 Å². The summed E-state index contributed by atoms with van der Waals surface area (Å²) >= 11 is 8.55. The van der Waals surface area contributed by atoms with Crippen molar-refractivity contribution >= 4 is 38.8 Å². The van der Waals surface area contributed by atoms with Gasteiger partial charge in [0.05, 0.1) is 0 Å². The first-order valence-electron chi connectivity index (χ1n) is 5.97. The number of nitrogens with two attached hydrogens (primary N) is 1. The molecule has 1 aliphatic rings. The van der Waals surface area contributed by atoms with Gasteiger partial charge >= 0.3 is 0 Å². The third-order valence-corrected chi connectivity index (χ3v) is 3.88. The summed E-state index contributed by atoms with van der Waals surface area (Å²) in [5, 5.41) is 3.54. The Morgan fingerprint density at radius 1 is 1.59 bits per heavy atom. The first kappa shape index (κ1) is 12.8. The van der Waals surface area contributed by atoms with Gasteiger partial charge in [0.1, 0.15) is 4.99 Å². The van der Waals surface area contributed by atoms with Crippen molar-refractivity contribution in [3.05, 3.63) is 28.2 Å². The summed E-state index contributed by atoms with van der Waals surface area (Å²) < 4.78 is 1.05.